The van der Waals surface area contributed by atoms with Crippen LogP contribution in [0.25, 0.3) is 6.08 Å². The van der Waals surface area contributed by atoms with E-state index in [0.717, 1.165) is 17.5 Å². The lowest BCUT2D eigenvalue weighted by Crippen LogP contribution is -2.00. The van der Waals surface area contributed by atoms with Crippen LogP contribution in [0.15, 0.2) is 58.8 Å². The predicted octanol–water partition coefficient (Wildman–Crippen LogP) is 3.41. The monoisotopic (exact) mass is 280 g/mol. The van der Waals surface area contributed by atoms with Gasteiger partial charge in [0.2, 0.25) is 9.84 Å². The number of hydrogen-bond donors (Lipinski definition) is 0. The summed E-state index contributed by atoms with van der Waals surface area (Å²) < 4.78 is 49.9. The average molecular weight is 280 g/mol. The molecule has 0 aliphatic carbocycles. The molecule has 0 saturated carbocycles. The van der Waals surface area contributed by atoms with Crippen molar-refractivity contribution in [3.05, 3.63) is 71.1 Å². The Bertz CT molecular complexity index is 707. The Morgan fingerprint density at radius 1 is 0.947 bits per heavy atom. The van der Waals surface area contributed by atoms with Crippen molar-refractivity contribution in [3.8, 4) is 0 Å². The highest BCUT2D eigenvalue weighted by Crippen LogP contribution is 2.18. The van der Waals surface area contributed by atoms with Crippen LogP contribution in [-0.4, -0.2) is 8.42 Å². The van der Waals surface area contributed by atoms with E-state index < -0.39 is 26.4 Å². The molecule has 5 heteroatoms. The summed E-state index contributed by atoms with van der Waals surface area (Å²) in [5, 5.41) is 0.901. The summed E-state index contributed by atoms with van der Waals surface area (Å²) in [6, 6.07) is 11.1. The van der Waals surface area contributed by atoms with Crippen LogP contribution >= 0.6 is 0 Å². The minimum absolute atomic E-state index is 0.541. The van der Waals surface area contributed by atoms with E-state index in [1.54, 1.807) is 30.3 Å². The van der Waals surface area contributed by atoms with E-state index in [9.17, 15) is 17.2 Å². The molecule has 0 spiro atoms. The summed E-state index contributed by atoms with van der Waals surface area (Å²) in [4.78, 5) is -0.541. The van der Waals surface area contributed by atoms with E-state index in [1.165, 1.54) is 6.08 Å². The van der Waals surface area contributed by atoms with Crippen LogP contribution in [0.4, 0.5) is 8.78 Å². The third-order valence-corrected chi connectivity index (χ3v) is 3.88. The number of halogens is 2. The summed E-state index contributed by atoms with van der Waals surface area (Å²) in [7, 11) is -3.93. The van der Waals surface area contributed by atoms with Crippen LogP contribution in [0.5, 0.6) is 0 Å². The van der Waals surface area contributed by atoms with E-state index in [1.807, 2.05) is 0 Å². The van der Waals surface area contributed by atoms with Gasteiger partial charge < -0.3 is 0 Å². The van der Waals surface area contributed by atoms with Gasteiger partial charge in [0.1, 0.15) is 16.5 Å². The third kappa shape index (κ3) is 3.26. The lowest BCUT2D eigenvalue weighted by molar-refractivity contribution is 0.552. The molecule has 0 aliphatic heterocycles. The molecule has 0 unspecified atom stereocenters. The van der Waals surface area contributed by atoms with Crippen LogP contribution in [0.3, 0.4) is 0 Å². The Balaban J connectivity index is 2.36. The van der Waals surface area contributed by atoms with Gasteiger partial charge in [-0.25, -0.2) is 17.2 Å². The molecular weight excluding hydrogens is 270 g/mol. The van der Waals surface area contributed by atoms with Gasteiger partial charge >= 0.3 is 0 Å². The fourth-order valence-corrected chi connectivity index (χ4v) is 2.58. The maximum atomic E-state index is 13.4. The topological polar surface area (TPSA) is 34.1 Å². The first kappa shape index (κ1) is 13.4. The molecule has 19 heavy (non-hydrogen) atoms. The Morgan fingerprint density at radius 2 is 1.63 bits per heavy atom. The molecule has 0 saturated heterocycles. The highest BCUT2D eigenvalue weighted by Gasteiger charge is 2.16. The average Bonchev–Trinajstić information content (AvgIpc) is 2.37. The molecule has 0 fully saturated rings. The van der Waals surface area contributed by atoms with Gasteiger partial charge in [0, 0.05) is 11.5 Å². The standard InChI is InChI=1S/C14H10F2O2S/c15-12-6-7-14(13(16)10-12)19(17,18)9-8-11-4-2-1-3-5-11/h1-10H. The van der Waals surface area contributed by atoms with Crippen molar-refractivity contribution in [1.29, 1.82) is 0 Å². The molecule has 98 valence electrons. The van der Waals surface area contributed by atoms with Crippen LogP contribution in [0.2, 0.25) is 0 Å². The molecule has 0 atom stereocenters. The molecule has 2 aromatic carbocycles. The molecule has 0 heterocycles. The number of sulfone groups is 1. The molecule has 0 bridgehead atoms. The van der Waals surface area contributed by atoms with Gasteiger partial charge in [0.15, 0.2) is 0 Å². The number of benzene rings is 2. The molecule has 0 aliphatic rings. The van der Waals surface area contributed by atoms with Crippen molar-refractivity contribution < 1.29 is 17.2 Å². The molecule has 0 aromatic heterocycles. The Labute approximate surface area is 109 Å². The molecule has 0 radical (unpaired) electrons. The SMILES string of the molecule is O=S(=O)(C=Cc1ccccc1)c1ccc(F)cc1F. The fourth-order valence-electron chi connectivity index (χ4n) is 1.51. The van der Waals surface area contributed by atoms with Gasteiger partial charge in [-0.3, -0.25) is 0 Å². The maximum Gasteiger partial charge on any atom is 0.202 e. The molecule has 2 aromatic rings. The molecule has 0 N–H and O–H groups in total. The van der Waals surface area contributed by atoms with Crippen molar-refractivity contribution in [3.63, 3.8) is 0 Å². The Morgan fingerprint density at radius 3 is 2.26 bits per heavy atom. The first-order valence-electron chi connectivity index (χ1n) is 5.42. The van der Waals surface area contributed by atoms with Crippen molar-refractivity contribution in [1.82, 2.24) is 0 Å². The summed E-state index contributed by atoms with van der Waals surface area (Å²) in [5.41, 5.74) is 0.675. The summed E-state index contributed by atoms with van der Waals surface area (Å²) in [6.45, 7) is 0. The minimum Gasteiger partial charge on any atom is -0.219 e. The van der Waals surface area contributed by atoms with Gasteiger partial charge in [-0.15, -0.1) is 0 Å². The van der Waals surface area contributed by atoms with Crippen LogP contribution in [-0.2, 0) is 9.84 Å². The summed E-state index contributed by atoms with van der Waals surface area (Å²) >= 11 is 0. The quantitative estimate of drug-likeness (QED) is 0.807. The van der Waals surface area contributed by atoms with E-state index in [0.29, 0.717) is 11.6 Å². The van der Waals surface area contributed by atoms with Crippen molar-refractivity contribution >= 4 is 15.9 Å². The second-order valence-electron chi connectivity index (χ2n) is 3.83. The van der Waals surface area contributed by atoms with Crippen molar-refractivity contribution in [2.24, 2.45) is 0 Å². The molecule has 0 amide bonds. The highest BCUT2D eigenvalue weighted by molar-refractivity contribution is 7.94. The van der Waals surface area contributed by atoms with E-state index in [-0.39, 0.29) is 0 Å². The maximum absolute atomic E-state index is 13.4. The normalized spacial score (nSPS) is 11.9. The Kier molecular flexibility index (Phi) is 3.76. The zero-order valence-electron chi connectivity index (χ0n) is 9.75. The third-order valence-electron chi connectivity index (χ3n) is 2.44. The summed E-state index contributed by atoms with van der Waals surface area (Å²) in [6.07, 6.45) is 1.36. The van der Waals surface area contributed by atoms with Gasteiger partial charge in [-0.2, -0.15) is 0 Å². The van der Waals surface area contributed by atoms with Gasteiger partial charge in [-0.1, -0.05) is 30.3 Å². The first-order valence-corrected chi connectivity index (χ1v) is 6.97. The zero-order valence-corrected chi connectivity index (χ0v) is 10.6. The number of hydrogen-bond acceptors (Lipinski definition) is 2. The van der Waals surface area contributed by atoms with Crippen LogP contribution < -0.4 is 0 Å². The van der Waals surface area contributed by atoms with E-state index in [2.05, 4.69) is 0 Å². The second-order valence-corrected chi connectivity index (χ2v) is 5.64. The van der Waals surface area contributed by atoms with Crippen molar-refractivity contribution in [2.45, 2.75) is 4.90 Å². The summed E-state index contributed by atoms with van der Waals surface area (Å²) in [5.74, 6) is -1.92. The Hall–Kier alpha value is -2.01. The van der Waals surface area contributed by atoms with E-state index >= 15 is 0 Å². The van der Waals surface area contributed by atoms with Gasteiger partial charge in [-0.05, 0) is 23.8 Å². The predicted molar refractivity (Wildman–Crippen MR) is 69.0 cm³/mol. The largest absolute Gasteiger partial charge is 0.219 e. The van der Waals surface area contributed by atoms with Crippen LogP contribution in [0.1, 0.15) is 5.56 Å². The lowest BCUT2D eigenvalue weighted by atomic mass is 10.2. The highest BCUT2D eigenvalue weighted by atomic mass is 32.2. The molecule has 2 nitrogen and oxygen atoms in total. The molecule has 2 rings (SSSR count). The van der Waals surface area contributed by atoms with Crippen LogP contribution in [0, 0.1) is 11.6 Å². The smallest absolute Gasteiger partial charge is 0.202 e. The molecular formula is C14H10F2O2S. The van der Waals surface area contributed by atoms with Gasteiger partial charge in [0.25, 0.3) is 0 Å². The van der Waals surface area contributed by atoms with E-state index in [4.69, 9.17) is 0 Å². The number of rotatable bonds is 3. The first-order chi connectivity index (χ1) is 8.99. The van der Waals surface area contributed by atoms with Gasteiger partial charge in [0.05, 0.1) is 0 Å². The lowest BCUT2D eigenvalue weighted by Gasteiger charge is -2.01. The zero-order chi connectivity index (χ0) is 13.9. The fraction of sp³-hybridized carbons (Fsp3) is 0. The second kappa shape index (κ2) is 5.32. The van der Waals surface area contributed by atoms with Crippen molar-refractivity contribution in [2.75, 3.05) is 0 Å². The minimum atomic E-state index is -3.93.